The summed E-state index contributed by atoms with van der Waals surface area (Å²) in [6, 6.07) is 0. The molecule has 7 nitrogen and oxygen atoms in total. The van der Waals surface area contributed by atoms with Gasteiger partial charge in [-0.15, -0.1) is 0 Å². The molecule has 13 heavy (non-hydrogen) atoms. The Morgan fingerprint density at radius 2 is 2.54 bits per heavy atom. The fourth-order valence-corrected chi connectivity index (χ4v) is 1.22. The van der Waals surface area contributed by atoms with Crippen LogP contribution in [0, 0.1) is 21.4 Å². The highest BCUT2D eigenvalue weighted by Crippen LogP contribution is 2.13. The van der Waals surface area contributed by atoms with E-state index < -0.39 is 11.0 Å². The van der Waals surface area contributed by atoms with E-state index >= 15 is 0 Å². The minimum atomic E-state index is -0.666. The van der Waals surface area contributed by atoms with Crippen molar-refractivity contribution in [1.82, 2.24) is 5.01 Å². The van der Waals surface area contributed by atoms with Crippen LogP contribution in [0.5, 0.6) is 0 Å². The Labute approximate surface area is 75.1 Å². The molecule has 1 aliphatic rings. The predicted octanol–water partition coefficient (Wildman–Crippen LogP) is -0.590. The van der Waals surface area contributed by atoms with Crippen molar-refractivity contribution < 1.29 is 9.77 Å². The second-order valence-corrected chi connectivity index (χ2v) is 2.93. The summed E-state index contributed by atoms with van der Waals surface area (Å²) in [5.41, 5.74) is 5.04. The van der Waals surface area contributed by atoms with Gasteiger partial charge in [-0.05, 0) is 6.42 Å². The van der Waals surface area contributed by atoms with E-state index in [0.717, 1.165) is 6.42 Å². The normalized spacial score (nSPS) is 21.4. The Hall–Kier alpha value is -1.37. The Morgan fingerprint density at radius 3 is 2.92 bits per heavy atom. The zero-order chi connectivity index (χ0) is 9.84. The molecule has 3 N–H and O–H groups in total. The van der Waals surface area contributed by atoms with Crippen LogP contribution in [0.15, 0.2) is 0 Å². The van der Waals surface area contributed by atoms with Gasteiger partial charge in [-0.2, -0.15) is 0 Å². The van der Waals surface area contributed by atoms with E-state index in [2.05, 4.69) is 0 Å². The number of nitrogens with zero attached hydrogens (tertiary/aromatic N) is 2. The van der Waals surface area contributed by atoms with Crippen LogP contribution < -0.4 is 5.73 Å². The summed E-state index contributed by atoms with van der Waals surface area (Å²) < 4.78 is 5.06. The zero-order valence-corrected chi connectivity index (χ0v) is 7.10. The number of guanidine groups is 1. The molecule has 1 rings (SSSR count). The fourth-order valence-electron chi connectivity index (χ4n) is 1.22. The summed E-state index contributed by atoms with van der Waals surface area (Å²) >= 11 is 0. The number of rotatable bonds is 3. The van der Waals surface area contributed by atoms with Gasteiger partial charge in [0.05, 0.1) is 13.2 Å². The topological polar surface area (TPSA) is 105 Å². The van der Waals surface area contributed by atoms with Crippen LogP contribution in [0.25, 0.3) is 0 Å². The van der Waals surface area contributed by atoms with Gasteiger partial charge in [0, 0.05) is 12.5 Å². The van der Waals surface area contributed by atoms with E-state index in [4.69, 9.17) is 15.9 Å². The number of hydrazine groups is 1. The van der Waals surface area contributed by atoms with Crippen LogP contribution in [0.1, 0.15) is 6.42 Å². The lowest BCUT2D eigenvalue weighted by Gasteiger charge is -2.14. The number of hydrogen-bond acceptors (Lipinski definition) is 4. The molecule has 0 aromatic heterocycles. The van der Waals surface area contributed by atoms with Crippen LogP contribution in [-0.2, 0) is 4.74 Å². The van der Waals surface area contributed by atoms with Crippen molar-refractivity contribution in [2.24, 2.45) is 11.7 Å². The molecule has 74 valence electrons. The molecule has 1 aliphatic heterocycles. The molecule has 0 bridgehead atoms. The first-order chi connectivity index (χ1) is 6.11. The molecule has 0 aromatic rings. The Bertz CT molecular complexity index is 200. The molecule has 1 fully saturated rings. The van der Waals surface area contributed by atoms with Crippen LogP contribution in [-0.4, -0.2) is 35.8 Å². The summed E-state index contributed by atoms with van der Waals surface area (Å²) in [5, 5.41) is 17.3. The van der Waals surface area contributed by atoms with Gasteiger partial charge in [-0.25, -0.2) is 10.1 Å². The Kier molecular flexibility index (Phi) is 3.02. The molecule has 0 aromatic carbocycles. The largest absolute Gasteiger partial charge is 0.381 e. The van der Waals surface area contributed by atoms with Gasteiger partial charge < -0.3 is 10.5 Å². The van der Waals surface area contributed by atoms with Crippen LogP contribution >= 0.6 is 0 Å². The van der Waals surface area contributed by atoms with Gasteiger partial charge in [0.15, 0.2) is 5.03 Å². The first-order valence-electron chi connectivity index (χ1n) is 3.95. The van der Waals surface area contributed by atoms with E-state index in [-0.39, 0.29) is 12.5 Å². The van der Waals surface area contributed by atoms with E-state index in [9.17, 15) is 10.1 Å². The lowest BCUT2D eigenvalue weighted by atomic mass is 10.1. The standard InChI is InChI=1S/C6H12N4O3/c7-6(8)9(10(11)12)3-5-1-2-13-4-5/h5H,1-4H2,(H3,7,8). The third-order valence-electron chi connectivity index (χ3n) is 1.93. The van der Waals surface area contributed by atoms with Crippen LogP contribution in [0.4, 0.5) is 0 Å². The molecule has 0 radical (unpaired) electrons. The molecular formula is C6H12N4O3. The van der Waals surface area contributed by atoms with Crippen molar-refractivity contribution in [1.29, 1.82) is 5.41 Å². The van der Waals surface area contributed by atoms with Crippen molar-refractivity contribution in [3.05, 3.63) is 10.1 Å². The molecule has 1 atom stereocenters. The molecule has 1 heterocycles. The first kappa shape index (κ1) is 9.72. The number of nitrogens with one attached hydrogen (secondary N) is 1. The monoisotopic (exact) mass is 188 g/mol. The third-order valence-corrected chi connectivity index (χ3v) is 1.93. The smallest absolute Gasteiger partial charge is 0.252 e. The van der Waals surface area contributed by atoms with Crippen molar-refractivity contribution >= 4 is 5.96 Å². The molecule has 0 spiro atoms. The van der Waals surface area contributed by atoms with Crippen molar-refractivity contribution in [2.45, 2.75) is 6.42 Å². The third kappa shape index (κ3) is 2.55. The predicted molar refractivity (Wildman–Crippen MR) is 44.5 cm³/mol. The lowest BCUT2D eigenvalue weighted by molar-refractivity contribution is -0.631. The van der Waals surface area contributed by atoms with Crippen molar-refractivity contribution in [2.75, 3.05) is 19.8 Å². The number of hydrogen-bond donors (Lipinski definition) is 2. The molecule has 1 saturated heterocycles. The molecule has 0 saturated carbocycles. The minimum absolute atomic E-state index is 0.106. The highest BCUT2D eigenvalue weighted by molar-refractivity contribution is 5.73. The highest BCUT2D eigenvalue weighted by Gasteiger charge is 2.26. The number of ether oxygens (including phenoxy) is 1. The van der Waals surface area contributed by atoms with E-state index in [1.54, 1.807) is 0 Å². The average molecular weight is 188 g/mol. The molecular weight excluding hydrogens is 176 g/mol. The lowest BCUT2D eigenvalue weighted by Crippen LogP contribution is -2.43. The van der Waals surface area contributed by atoms with Crippen molar-refractivity contribution in [3.8, 4) is 0 Å². The zero-order valence-electron chi connectivity index (χ0n) is 7.10. The van der Waals surface area contributed by atoms with E-state index in [1.807, 2.05) is 0 Å². The Morgan fingerprint density at radius 1 is 1.85 bits per heavy atom. The highest BCUT2D eigenvalue weighted by atomic mass is 16.7. The van der Waals surface area contributed by atoms with Gasteiger partial charge in [0.2, 0.25) is 0 Å². The van der Waals surface area contributed by atoms with E-state index in [0.29, 0.717) is 18.2 Å². The van der Waals surface area contributed by atoms with Crippen LogP contribution in [0.2, 0.25) is 0 Å². The quantitative estimate of drug-likeness (QED) is 0.266. The average Bonchev–Trinajstić information content (AvgIpc) is 2.50. The summed E-state index contributed by atoms with van der Waals surface area (Å²) in [4.78, 5) is 10.4. The van der Waals surface area contributed by atoms with Gasteiger partial charge in [-0.3, -0.25) is 5.41 Å². The summed E-state index contributed by atoms with van der Waals surface area (Å²) in [6.07, 6.45) is 0.789. The number of nitrogens with two attached hydrogens (primary N) is 1. The van der Waals surface area contributed by atoms with Gasteiger partial charge in [0.1, 0.15) is 0 Å². The van der Waals surface area contributed by atoms with Crippen LogP contribution in [0.3, 0.4) is 0 Å². The maximum Gasteiger partial charge on any atom is 0.252 e. The summed E-state index contributed by atoms with van der Waals surface area (Å²) in [5.74, 6) is -0.425. The maximum absolute atomic E-state index is 10.4. The maximum atomic E-state index is 10.4. The minimum Gasteiger partial charge on any atom is -0.381 e. The SMILES string of the molecule is N=C(N)N(CC1CCOC1)[N+](=O)[O-]. The second-order valence-electron chi connectivity index (χ2n) is 2.93. The molecule has 1 unspecified atom stereocenters. The molecule has 0 amide bonds. The Balaban J connectivity index is 2.46. The molecule has 0 aliphatic carbocycles. The summed E-state index contributed by atoms with van der Waals surface area (Å²) in [7, 11) is 0. The van der Waals surface area contributed by atoms with Crippen molar-refractivity contribution in [3.63, 3.8) is 0 Å². The second kappa shape index (κ2) is 4.04. The number of nitro groups is 1. The molecule has 7 heteroatoms. The van der Waals surface area contributed by atoms with Gasteiger partial charge in [-0.1, -0.05) is 5.01 Å². The fraction of sp³-hybridized carbons (Fsp3) is 0.833. The van der Waals surface area contributed by atoms with Gasteiger partial charge in [0.25, 0.3) is 5.96 Å². The first-order valence-corrected chi connectivity index (χ1v) is 3.95. The van der Waals surface area contributed by atoms with E-state index in [1.165, 1.54) is 0 Å². The van der Waals surface area contributed by atoms with Gasteiger partial charge >= 0.3 is 0 Å². The summed E-state index contributed by atoms with van der Waals surface area (Å²) in [6.45, 7) is 1.30.